The van der Waals surface area contributed by atoms with E-state index in [0.717, 1.165) is 48.5 Å². The van der Waals surface area contributed by atoms with Gasteiger partial charge < -0.3 is 28.7 Å². The van der Waals surface area contributed by atoms with Crippen molar-refractivity contribution in [2.24, 2.45) is 10.3 Å². The molecule has 4 N–H and O–H groups in total. The number of nitrogens with two attached hydrogens (primary N) is 2. The van der Waals surface area contributed by atoms with E-state index in [0.29, 0.717) is 0 Å². The fourth-order valence-electron chi connectivity index (χ4n) is 1.64. The minimum absolute atomic E-state index is 0. The Labute approximate surface area is 200 Å². The molecule has 17 heteroatoms. The molecular weight excluding hydrogens is 598 g/mol. The van der Waals surface area contributed by atoms with E-state index < -0.39 is 45.8 Å². The zero-order valence-electron chi connectivity index (χ0n) is 14.1. The van der Waals surface area contributed by atoms with E-state index in [-0.39, 0.29) is 51.5 Å². The first-order valence-corrected chi connectivity index (χ1v) is 12.9. The summed E-state index contributed by atoms with van der Waals surface area (Å²) in [5.74, 6) is 0. The van der Waals surface area contributed by atoms with E-state index >= 15 is 0 Å². The molecule has 0 spiro atoms. The maximum Gasteiger partial charge on any atom is 4.00 e. The molecular formula is C12H12CeN2O10P2S2. The van der Waals surface area contributed by atoms with Crippen molar-refractivity contribution in [3.05, 3.63) is 48.5 Å². The van der Waals surface area contributed by atoms with Crippen molar-refractivity contribution in [3.63, 3.8) is 0 Å². The Bertz CT molecular complexity index is 1050. The standard InChI is InChI=1S/2C6H8NO5PS.Ce/c2*7-14(11,12)6-3-1-5(2-4-6)13(8,9)10;/h2*1-4H,(H2,7,11,12)(H2,8,9,10);/q;;+4/p-4. The van der Waals surface area contributed by atoms with Gasteiger partial charge in [0, 0.05) is 0 Å². The van der Waals surface area contributed by atoms with Gasteiger partial charge in [0.15, 0.2) is 0 Å². The Hall–Kier alpha value is -0.0634. The summed E-state index contributed by atoms with van der Waals surface area (Å²) in [6, 6.07) is 7.47. The molecule has 0 aromatic heterocycles. The van der Waals surface area contributed by atoms with Gasteiger partial charge in [0.25, 0.3) is 0 Å². The summed E-state index contributed by atoms with van der Waals surface area (Å²) in [5.41, 5.74) is 0. The molecule has 0 radical (unpaired) electrons. The number of rotatable bonds is 4. The second-order valence-corrected chi connectivity index (χ2v) is 11.2. The van der Waals surface area contributed by atoms with Crippen LogP contribution < -0.4 is 40.5 Å². The van der Waals surface area contributed by atoms with Crippen LogP contribution in [0.1, 0.15) is 0 Å². The van der Waals surface area contributed by atoms with Crippen LogP contribution in [-0.2, 0) is 29.2 Å². The topological polar surface area (TPSA) is 247 Å². The van der Waals surface area contributed by atoms with Gasteiger partial charge in [0.05, 0.1) is 9.79 Å². The third kappa shape index (κ3) is 9.74. The predicted octanol–water partition coefficient (Wildman–Crippen LogP) is -4.25. The third-order valence-electron chi connectivity index (χ3n) is 2.96. The van der Waals surface area contributed by atoms with Crippen LogP contribution in [0.25, 0.3) is 0 Å². The van der Waals surface area contributed by atoms with Crippen LogP contribution >= 0.6 is 15.2 Å². The first-order valence-electron chi connectivity index (χ1n) is 6.73. The Morgan fingerprint density at radius 1 is 0.586 bits per heavy atom. The fraction of sp³-hybridized carbons (Fsp3) is 0. The Balaban J connectivity index is 0.000000523. The van der Waals surface area contributed by atoms with E-state index in [1.54, 1.807) is 0 Å². The molecule has 0 saturated heterocycles. The molecule has 0 saturated carbocycles. The van der Waals surface area contributed by atoms with Crippen molar-refractivity contribution in [1.29, 1.82) is 0 Å². The molecule has 29 heavy (non-hydrogen) atoms. The van der Waals surface area contributed by atoms with Gasteiger partial charge in [-0.05, 0) is 50.1 Å². The quantitative estimate of drug-likeness (QED) is 0.316. The Morgan fingerprint density at radius 3 is 0.931 bits per heavy atom. The van der Waals surface area contributed by atoms with Gasteiger partial charge in [-0.25, -0.2) is 27.1 Å². The van der Waals surface area contributed by atoms with Crippen molar-refractivity contribution in [2.75, 3.05) is 0 Å². The molecule has 0 amide bonds. The smallest absolute Gasteiger partial charge is 0.807 e. The van der Waals surface area contributed by atoms with E-state index in [9.17, 15) is 45.5 Å². The van der Waals surface area contributed by atoms with Crippen LogP contribution in [0, 0.1) is 41.7 Å². The van der Waals surface area contributed by atoms with Crippen molar-refractivity contribution in [3.8, 4) is 0 Å². The summed E-state index contributed by atoms with van der Waals surface area (Å²) >= 11 is 0. The average Bonchev–Trinajstić information content (AvgIpc) is 2.52. The van der Waals surface area contributed by atoms with Crippen molar-refractivity contribution in [2.45, 2.75) is 9.79 Å². The third-order valence-corrected chi connectivity index (χ3v) is 6.68. The van der Waals surface area contributed by atoms with Crippen LogP contribution in [0.3, 0.4) is 0 Å². The van der Waals surface area contributed by atoms with Crippen molar-refractivity contribution in [1.82, 2.24) is 0 Å². The fourth-order valence-corrected chi connectivity index (χ4v) is 3.70. The predicted molar refractivity (Wildman–Crippen MR) is 90.1 cm³/mol. The number of primary sulfonamides is 2. The molecule has 156 valence electrons. The molecule has 0 aliphatic carbocycles. The molecule has 2 aromatic carbocycles. The molecule has 2 rings (SSSR count). The molecule has 2 aromatic rings. The van der Waals surface area contributed by atoms with E-state index in [1.165, 1.54) is 0 Å². The van der Waals surface area contributed by atoms with E-state index in [2.05, 4.69) is 0 Å². The largest absolute Gasteiger partial charge is 4.00 e. The van der Waals surface area contributed by atoms with Crippen LogP contribution in [0.15, 0.2) is 58.3 Å². The first-order chi connectivity index (χ1) is 12.4. The van der Waals surface area contributed by atoms with E-state index in [1.807, 2.05) is 0 Å². The normalized spacial score (nSPS) is 12.3. The summed E-state index contributed by atoms with van der Waals surface area (Å²) in [4.78, 5) is 41.5. The summed E-state index contributed by atoms with van der Waals surface area (Å²) in [6.45, 7) is 0. The molecule has 0 aliphatic heterocycles. The van der Waals surface area contributed by atoms with Crippen LogP contribution in [0.5, 0.6) is 0 Å². The molecule has 0 aliphatic rings. The Kier molecular flexibility index (Phi) is 10.5. The van der Waals surface area contributed by atoms with Gasteiger partial charge in [-0.2, -0.15) is 0 Å². The number of hydrogen-bond acceptors (Lipinski definition) is 10. The van der Waals surface area contributed by atoms with Crippen molar-refractivity contribution < 1.29 is 87.3 Å². The average molecular weight is 610 g/mol. The number of hydrogen-bond donors (Lipinski definition) is 2. The zero-order valence-corrected chi connectivity index (χ0v) is 20.6. The molecule has 0 heterocycles. The first kappa shape index (κ1) is 28.9. The maximum absolute atomic E-state index is 10.7. The van der Waals surface area contributed by atoms with Gasteiger partial charge >= 0.3 is 41.7 Å². The second kappa shape index (κ2) is 10.5. The summed E-state index contributed by atoms with van der Waals surface area (Å²) in [6.07, 6.45) is 0. The molecule has 0 bridgehead atoms. The summed E-state index contributed by atoms with van der Waals surface area (Å²) in [7, 11) is -17.4. The molecule has 0 unspecified atom stereocenters. The zero-order chi connectivity index (χ0) is 22.0. The van der Waals surface area contributed by atoms with Gasteiger partial charge in [-0.3, -0.25) is 0 Å². The van der Waals surface area contributed by atoms with Gasteiger partial charge in [0.2, 0.25) is 20.0 Å². The van der Waals surface area contributed by atoms with Crippen molar-refractivity contribution >= 4 is 45.8 Å². The van der Waals surface area contributed by atoms with Gasteiger partial charge in [0.1, 0.15) is 0 Å². The number of sulfonamides is 2. The van der Waals surface area contributed by atoms with Gasteiger partial charge in [-0.15, -0.1) is 0 Å². The summed E-state index contributed by atoms with van der Waals surface area (Å²) in [5, 5.41) is 8.59. The number of benzene rings is 2. The second-order valence-electron chi connectivity index (χ2n) is 5.07. The molecule has 0 fully saturated rings. The Morgan fingerprint density at radius 2 is 0.793 bits per heavy atom. The van der Waals surface area contributed by atoms with Gasteiger partial charge in [-0.1, -0.05) is 24.3 Å². The minimum Gasteiger partial charge on any atom is -0.807 e. The van der Waals surface area contributed by atoms with Crippen LogP contribution in [-0.4, -0.2) is 16.8 Å². The summed E-state index contributed by atoms with van der Waals surface area (Å²) < 4.78 is 64.0. The monoisotopic (exact) mass is 610 g/mol. The van der Waals surface area contributed by atoms with E-state index in [4.69, 9.17) is 10.3 Å². The SMILES string of the molecule is NS(=O)(=O)c1ccc(P(=O)([O-])[O-])cc1.NS(=O)(=O)c1ccc(P(=O)([O-])[O-])cc1.[Ce+4]. The van der Waals surface area contributed by atoms with Crippen LogP contribution in [0.2, 0.25) is 0 Å². The molecule has 12 nitrogen and oxygen atoms in total. The maximum atomic E-state index is 10.7. The minimum atomic E-state index is -4.83. The van der Waals surface area contributed by atoms with Crippen LogP contribution in [0.4, 0.5) is 0 Å². The molecule has 0 atom stereocenters.